The van der Waals surface area contributed by atoms with E-state index in [1.807, 2.05) is 12.1 Å². The molecule has 1 aromatic rings. The van der Waals surface area contributed by atoms with Crippen molar-refractivity contribution in [3.63, 3.8) is 0 Å². The Kier molecular flexibility index (Phi) is 5.81. The quantitative estimate of drug-likeness (QED) is 0.661. The molecule has 0 saturated carbocycles. The van der Waals surface area contributed by atoms with Crippen LogP contribution in [0.3, 0.4) is 0 Å². The summed E-state index contributed by atoms with van der Waals surface area (Å²) in [6.07, 6.45) is 1.04. The summed E-state index contributed by atoms with van der Waals surface area (Å²) in [6.45, 7) is 5.19. The van der Waals surface area contributed by atoms with E-state index in [4.69, 9.17) is 10.5 Å². The molecule has 1 rings (SSSR count). The minimum atomic E-state index is 0.672. The van der Waals surface area contributed by atoms with Crippen LogP contribution < -0.4 is 15.8 Å². The number of nitrogens with two attached hydrogens (primary N) is 1. The van der Waals surface area contributed by atoms with Crippen molar-refractivity contribution in [2.75, 3.05) is 26.2 Å². The Bertz CT molecular complexity index is 276. The van der Waals surface area contributed by atoms with Gasteiger partial charge in [0.25, 0.3) is 0 Å². The van der Waals surface area contributed by atoms with Crippen molar-refractivity contribution >= 4 is 0 Å². The van der Waals surface area contributed by atoms with Crippen molar-refractivity contribution in [2.45, 2.75) is 13.3 Å². The minimum Gasteiger partial charge on any atom is -0.492 e. The molecule has 0 radical (unpaired) electrons. The maximum absolute atomic E-state index is 5.59. The second-order valence-electron chi connectivity index (χ2n) is 3.39. The van der Waals surface area contributed by atoms with Gasteiger partial charge in [-0.05, 0) is 24.1 Å². The van der Waals surface area contributed by atoms with Crippen LogP contribution in [-0.2, 0) is 6.42 Å². The lowest BCUT2D eigenvalue weighted by Crippen LogP contribution is -2.26. The number of benzene rings is 1. The molecule has 3 N–H and O–H groups in total. The molecule has 1 aromatic carbocycles. The predicted molar refractivity (Wildman–Crippen MR) is 63.2 cm³/mol. The molecular weight excluding hydrogens is 188 g/mol. The first kappa shape index (κ1) is 12.0. The largest absolute Gasteiger partial charge is 0.492 e. The second-order valence-corrected chi connectivity index (χ2v) is 3.39. The van der Waals surface area contributed by atoms with Crippen molar-refractivity contribution in [3.05, 3.63) is 29.8 Å². The van der Waals surface area contributed by atoms with Crippen LogP contribution >= 0.6 is 0 Å². The van der Waals surface area contributed by atoms with Crippen LogP contribution in [0.5, 0.6) is 5.75 Å². The normalized spacial score (nSPS) is 10.3. The first-order valence-electron chi connectivity index (χ1n) is 5.49. The van der Waals surface area contributed by atoms with Crippen LogP contribution in [0.2, 0.25) is 0 Å². The summed E-state index contributed by atoms with van der Waals surface area (Å²) in [5.41, 5.74) is 6.66. The highest BCUT2D eigenvalue weighted by Crippen LogP contribution is 2.13. The molecule has 0 fully saturated rings. The smallest absolute Gasteiger partial charge is 0.119 e. The number of nitrogens with one attached hydrogen (secondary N) is 1. The molecule has 0 bridgehead atoms. The van der Waals surface area contributed by atoms with Gasteiger partial charge in [0.2, 0.25) is 0 Å². The molecule has 0 heterocycles. The molecule has 0 aromatic heterocycles. The third-order valence-electron chi connectivity index (χ3n) is 2.18. The van der Waals surface area contributed by atoms with Gasteiger partial charge in [0, 0.05) is 19.6 Å². The minimum absolute atomic E-state index is 0.672. The van der Waals surface area contributed by atoms with Crippen molar-refractivity contribution in [1.29, 1.82) is 0 Å². The number of aryl methyl sites for hydroxylation is 1. The van der Waals surface area contributed by atoms with Crippen LogP contribution in [-0.4, -0.2) is 26.2 Å². The van der Waals surface area contributed by atoms with E-state index in [1.165, 1.54) is 5.56 Å². The van der Waals surface area contributed by atoms with E-state index in [9.17, 15) is 0 Å². The fourth-order valence-corrected chi connectivity index (χ4v) is 1.32. The predicted octanol–water partition coefficient (Wildman–Crippen LogP) is 1.18. The van der Waals surface area contributed by atoms with Crippen LogP contribution in [0.4, 0.5) is 0 Å². The summed E-state index contributed by atoms with van der Waals surface area (Å²) < 4.78 is 5.59. The Morgan fingerprint density at radius 3 is 2.93 bits per heavy atom. The SMILES string of the molecule is CCc1cccc(OCCNCCN)c1. The van der Waals surface area contributed by atoms with Crippen molar-refractivity contribution in [3.8, 4) is 5.75 Å². The summed E-state index contributed by atoms with van der Waals surface area (Å²) in [5.74, 6) is 0.948. The highest BCUT2D eigenvalue weighted by Gasteiger charge is 1.94. The number of ether oxygens (including phenoxy) is 1. The molecule has 15 heavy (non-hydrogen) atoms. The molecular formula is C12H20N2O. The lowest BCUT2D eigenvalue weighted by atomic mass is 10.2. The van der Waals surface area contributed by atoms with Crippen LogP contribution in [0.15, 0.2) is 24.3 Å². The molecule has 0 aliphatic carbocycles. The van der Waals surface area contributed by atoms with E-state index < -0.39 is 0 Å². The summed E-state index contributed by atoms with van der Waals surface area (Å²) in [7, 11) is 0. The number of hydrogen-bond donors (Lipinski definition) is 2. The first-order valence-corrected chi connectivity index (χ1v) is 5.49. The third-order valence-corrected chi connectivity index (χ3v) is 2.18. The van der Waals surface area contributed by atoms with E-state index in [-0.39, 0.29) is 0 Å². The number of hydrogen-bond acceptors (Lipinski definition) is 3. The molecule has 0 spiro atoms. The van der Waals surface area contributed by atoms with Gasteiger partial charge in [-0.3, -0.25) is 0 Å². The summed E-state index contributed by atoms with van der Waals surface area (Å²) in [4.78, 5) is 0. The second kappa shape index (κ2) is 7.26. The number of rotatable bonds is 7. The summed E-state index contributed by atoms with van der Waals surface area (Å²) >= 11 is 0. The molecule has 0 amide bonds. The van der Waals surface area contributed by atoms with Gasteiger partial charge in [-0.15, -0.1) is 0 Å². The monoisotopic (exact) mass is 208 g/mol. The Morgan fingerprint density at radius 1 is 1.33 bits per heavy atom. The van der Waals surface area contributed by atoms with Gasteiger partial charge in [0.15, 0.2) is 0 Å². The zero-order valence-electron chi connectivity index (χ0n) is 9.33. The average Bonchev–Trinajstić information content (AvgIpc) is 2.29. The van der Waals surface area contributed by atoms with Crippen molar-refractivity contribution < 1.29 is 4.74 Å². The fourth-order valence-electron chi connectivity index (χ4n) is 1.32. The van der Waals surface area contributed by atoms with Crippen LogP contribution in [0.25, 0.3) is 0 Å². The van der Waals surface area contributed by atoms with Gasteiger partial charge in [0.05, 0.1) is 0 Å². The molecule has 0 aliphatic heterocycles. The first-order chi connectivity index (χ1) is 7.36. The van der Waals surface area contributed by atoms with E-state index in [2.05, 4.69) is 24.4 Å². The molecule has 84 valence electrons. The van der Waals surface area contributed by atoms with Crippen molar-refractivity contribution in [1.82, 2.24) is 5.32 Å². The van der Waals surface area contributed by atoms with E-state index >= 15 is 0 Å². The van der Waals surface area contributed by atoms with Gasteiger partial charge in [-0.2, -0.15) is 0 Å². The molecule has 0 saturated heterocycles. The summed E-state index contributed by atoms with van der Waals surface area (Å²) in [6, 6.07) is 8.21. The van der Waals surface area contributed by atoms with Crippen molar-refractivity contribution in [2.24, 2.45) is 5.73 Å². The van der Waals surface area contributed by atoms with Gasteiger partial charge < -0.3 is 15.8 Å². The van der Waals surface area contributed by atoms with Gasteiger partial charge in [-0.1, -0.05) is 19.1 Å². The summed E-state index contributed by atoms with van der Waals surface area (Å²) in [5, 5.41) is 3.18. The van der Waals surface area contributed by atoms with Gasteiger partial charge in [-0.25, -0.2) is 0 Å². The zero-order valence-corrected chi connectivity index (χ0v) is 9.33. The standard InChI is InChI=1S/C12H20N2O/c1-2-11-4-3-5-12(10-11)15-9-8-14-7-6-13/h3-5,10,14H,2,6-9,13H2,1H3. The molecule has 0 aliphatic rings. The van der Waals surface area contributed by atoms with E-state index in [0.717, 1.165) is 25.3 Å². The molecule has 0 atom stereocenters. The Labute approximate surface area is 91.6 Å². The topological polar surface area (TPSA) is 47.3 Å². The van der Waals surface area contributed by atoms with Gasteiger partial charge in [0.1, 0.15) is 12.4 Å². The third kappa shape index (κ3) is 4.81. The highest BCUT2D eigenvalue weighted by molar-refractivity contribution is 5.28. The van der Waals surface area contributed by atoms with Crippen LogP contribution in [0.1, 0.15) is 12.5 Å². The average molecular weight is 208 g/mol. The van der Waals surface area contributed by atoms with E-state index in [0.29, 0.717) is 13.2 Å². The molecule has 3 heteroatoms. The molecule has 0 unspecified atom stereocenters. The maximum Gasteiger partial charge on any atom is 0.119 e. The van der Waals surface area contributed by atoms with Crippen LogP contribution in [0, 0.1) is 0 Å². The Hall–Kier alpha value is -1.06. The maximum atomic E-state index is 5.59. The zero-order chi connectivity index (χ0) is 10.9. The molecule has 3 nitrogen and oxygen atoms in total. The van der Waals surface area contributed by atoms with E-state index in [1.54, 1.807) is 0 Å². The Morgan fingerprint density at radius 2 is 2.20 bits per heavy atom. The Balaban J connectivity index is 2.24. The van der Waals surface area contributed by atoms with Gasteiger partial charge >= 0.3 is 0 Å². The highest BCUT2D eigenvalue weighted by atomic mass is 16.5. The lowest BCUT2D eigenvalue weighted by Gasteiger charge is -2.07. The fraction of sp³-hybridized carbons (Fsp3) is 0.500. The lowest BCUT2D eigenvalue weighted by molar-refractivity contribution is 0.314.